The molecule has 15 heavy (non-hydrogen) atoms. The lowest BCUT2D eigenvalue weighted by molar-refractivity contribution is -0.139. The molecule has 1 aromatic heterocycles. The number of thiophene rings is 1. The van der Waals surface area contributed by atoms with Crippen molar-refractivity contribution in [3.8, 4) is 0 Å². The summed E-state index contributed by atoms with van der Waals surface area (Å²) in [7, 11) is 0. The van der Waals surface area contributed by atoms with E-state index < -0.39 is 12.0 Å². The van der Waals surface area contributed by atoms with Gasteiger partial charge in [0.15, 0.2) is 0 Å². The van der Waals surface area contributed by atoms with Crippen LogP contribution in [0.1, 0.15) is 36.1 Å². The molecule has 0 aromatic carbocycles. The van der Waals surface area contributed by atoms with Crippen molar-refractivity contribution in [3.05, 3.63) is 21.9 Å². The molecule has 1 heterocycles. The number of carboxylic acids is 1. The molecule has 0 spiro atoms. The van der Waals surface area contributed by atoms with Gasteiger partial charge in [-0.1, -0.05) is 13.8 Å². The maximum Gasteiger partial charge on any atom is 0.326 e. The van der Waals surface area contributed by atoms with Crippen molar-refractivity contribution in [3.63, 3.8) is 0 Å². The van der Waals surface area contributed by atoms with Crippen LogP contribution in [0.4, 0.5) is 0 Å². The highest BCUT2D eigenvalue weighted by Gasteiger charge is 2.20. The first-order valence-corrected chi connectivity index (χ1v) is 6.05. The quantitative estimate of drug-likeness (QED) is 0.784. The van der Waals surface area contributed by atoms with E-state index in [-0.39, 0.29) is 0 Å². The Morgan fingerprint density at radius 1 is 1.53 bits per heavy atom. The average molecular weight is 227 g/mol. The number of nitrogens with one attached hydrogen (secondary N) is 1. The molecule has 0 fully saturated rings. The molecule has 1 unspecified atom stereocenters. The number of carbonyl (C=O) groups is 1. The van der Waals surface area contributed by atoms with Gasteiger partial charge in [0, 0.05) is 9.75 Å². The number of aliphatic carboxylic acids is 1. The average Bonchev–Trinajstić information content (AvgIpc) is 2.66. The first-order chi connectivity index (χ1) is 7.19. The Balaban J connectivity index is 2.74. The van der Waals surface area contributed by atoms with E-state index >= 15 is 0 Å². The van der Waals surface area contributed by atoms with Crippen LogP contribution in [0.5, 0.6) is 0 Å². The van der Waals surface area contributed by atoms with Gasteiger partial charge in [0.05, 0.1) is 0 Å². The van der Waals surface area contributed by atoms with Crippen molar-refractivity contribution in [2.75, 3.05) is 6.54 Å². The van der Waals surface area contributed by atoms with Crippen LogP contribution in [0.25, 0.3) is 0 Å². The summed E-state index contributed by atoms with van der Waals surface area (Å²) in [6, 6.07) is 3.37. The Kier molecular flexibility index (Phi) is 4.78. The van der Waals surface area contributed by atoms with Gasteiger partial charge in [0.2, 0.25) is 0 Å². The van der Waals surface area contributed by atoms with Crippen LogP contribution in [0.3, 0.4) is 0 Å². The zero-order valence-electron chi connectivity index (χ0n) is 9.12. The third-order valence-electron chi connectivity index (χ3n) is 2.16. The van der Waals surface area contributed by atoms with Crippen molar-refractivity contribution in [2.45, 2.75) is 32.7 Å². The Labute approximate surface area is 94.1 Å². The fourth-order valence-electron chi connectivity index (χ4n) is 1.34. The first-order valence-electron chi connectivity index (χ1n) is 5.23. The van der Waals surface area contributed by atoms with Crippen molar-refractivity contribution in [2.24, 2.45) is 0 Å². The third-order valence-corrected chi connectivity index (χ3v) is 3.46. The van der Waals surface area contributed by atoms with E-state index in [1.54, 1.807) is 11.3 Å². The largest absolute Gasteiger partial charge is 0.480 e. The molecular weight excluding hydrogens is 210 g/mol. The van der Waals surface area contributed by atoms with Gasteiger partial charge in [-0.2, -0.15) is 0 Å². The first kappa shape index (κ1) is 12.2. The second kappa shape index (κ2) is 5.88. The minimum absolute atomic E-state index is 0.546. The summed E-state index contributed by atoms with van der Waals surface area (Å²) in [5.41, 5.74) is 0. The summed E-state index contributed by atoms with van der Waals surface area (Å²) in [4.78, 5) is 13.2. The fraction of sp³-hybridized carbons (Fsp3) is 0.545. The molecule has 0 aliphatic rings. The fourth-order valence-corrected chi connectivity index (χ4v) is 2.36. The molecule has 0 saturated carbocycles. The lowest BCUT2D eigenvalue weighted by atomic mass is 10.2. The van der Waals surface area contributed by atoms with Gasteiger partial charge in [0.1, 0.15) is 6.04 Å². The smallest absolute Gasteiger partial charge is 0.326 e. The maximum absolute atomic E-state index is 11.0. The van der Waals surface area contributed by atoms with E-state index in [2.05, 4.69) is 12.2 Å². The molecule has 3 nitrogen and oxygen atoms in total. The van der Waals surface area contributed by atoms with E-state index in [4.69, 9.17) is 5.11 Å². The van der Waals surface area contributed by atoms with Crippen LogP contribution < -0.4 is 5.32 Å². The molecule has 0 bridgehead atoms. The SMILES string of the molecule is CCCNC(C(=O)O)c1ccc(CC)s1. The molecule has 0 amide bonds. The van der Waals surface area contributed by atoms with Gasteiger partial charge < -0.3 is 10.4 Å². The molecule has 0 aliphatic carbocycles. The summed E-state index contributed by atoms with van der Waals surface area (Å²) in [5, 5.41) is 12.1. The topological polar surface area (TPSA) is 49.3 Å². The van der Waals surface area contributed by atoms with Gasteiger partial charge >= 0.3 is 5.97 Å². The lowest BCUT2D eigenvalue weighted by Gasteiger charge is -2.11. The van der Waals surface area contributed by atoms with Crippen molar-refractivity contribution < 1.29 is 9.90 Å². The van der Waals surface area contributed by atoms with Crippen LogP contribution in [-0.4, -0.2) is 17.6 Å². The van der Waals surface area contributed by atoms with Crippen LogP contribution in [0.2, 0.25) is 0 Å². The van der Waals surface area contributed by atoms with E-state index in [9.17, 15) is 4.79 Å². The van der Waals surface area contributed by atoms with Crippen molar-refractivity contribution >= 4 is 17.3 Å². The molecule has 4 heteroatoms. The molecule has 0 aliphatic heterocycles. The highest BCUT2D eigenvalue weighted by Crippen LogP contribution is 2.23. The van der Waals surface area contributed by atoms with Gasteiger partial charge in [-0.15, -0.1) is 11.3 Å². The molecule has 0 radical (unpaired) electrons. The Morgan fingerprint density at radius 3 is 2.73 bits per heavy atom. The summed E-state index contributed by atoms with van der Waals surface area (Å²) >= 11 is 1.58. The molecular formula is C11H17NO2S. The number of rotatable bonds is 6. The second-order valence-corrected chi connectivity index (χ2v) is 4.58. The van der Waals surface area contributed by atoms with Crippen molar-refractivity contribution in [1.82, 2.24) is 5.32 Å². The van der Waals surface area contributed by atoms with Gasteiger partial charge in [0.25, 0.3) is 0 Å². The summed E-state index contributed by atoms with van der Waals surface area (Å²) < 4.78 is 0. The predicted octanol–water partition coefficient (Wildman–Crippen LogP) is 2.44. The standard InChI is InChI=1S/C11H17NO2S/c1-3-7-12-10(11(13)14)9-6-5-8(4-2)15-9/h5-6,10,12H,3-4,7H2,1-2H3,(H,13,14). The van der Waals surface area contributed by atoms with Crippen LogP contribution in [0, 0.1) is 0 Å². The molecule has 0 saturated heterocycles. The van der Waals surface area contributed by atoms with E-state index in [1.165, 1.54) is 4.88 Å². The van der Waals surface area contributed by atoms with Crippen LogP contribution >= 0.6 is 11.3 Å². The minimum Gasteiger partial charge on any atom is -0.480 e. The number of hydrogen-bond donors (Lipinski definition) is 2. The second-order valence-electron chi connectivity index (χ2n) is 3.38. The molecule has 1 aromatic rings. The van der Waals surface area contributed by atoms with Gasteiger partial charge in [-0.05, 0) is 31.5 Å². The van der Waals surface area contributed by atoms with Gasteiger partial charge in [-0.3, -0.25) is 4.79 Å². The Bertz CT molecular complexity index is 322. The van der Waals surface area contributed by atoms with Crippen LogP contribution in [0.15, 0.2) is 12.1 Å². The predicted molar refractivity (Wildman–Crippen MR) is 62.4 cm³/mol. The summed E-state index contributed by atoms with van der Waals surface area (Å²) in [6.07, 6.45) is 1.90. The Hall–Kier alpha value is -0.870. The number of aryl methyl sites for hydroxylation is 1. The van der Waals surface area contributed by atoms with Crippen LogP contribution in [-0.2, 0) is 11.2 Å². The normalized spacial score (nSPS) is 12.7. The number of hydrogen-bond acceptors (Lipinski definition) is 3. The minimum atomic E-state index is -0.798. The van der Waals surface area contributed by atoms with E-state index in [0.717, 1.165) is 24.3 Å². The maximum atomic E-state index is 11.0. The lowest BCUT2D eigenvalue weighted by Crippen LogP contribution is -2.28. The molecule has 84 valence electrons. The molecule has 1 atom stereocenters. The summed E-state index contributed by atoms with van der Waals surface area (Å²) in [5.74, 6) is -0.798. The summed E-state index contributed by atoms with van der Waals surface area (Å²) in [6.45, 7) is 4.83. The highest BCUT2D eigenvalue weighted by atomic mass is 32.1. The van der Waals surface area contributed by atoms with Gasteiger partial charge in [-0.25, -0.2) is 0 Å². The monoisotopic (exact) mass is 227 g/mol. The molecule has 2 N–H and O–H groups in total. The Morgan fingerprint density at radius 2 is 2.27 bits per heavy atom. The zero-order valence-corrected chi connectivity index (χ0v) is 9.93. The van der Waals surface area contributed by atoms with E-state index in [1.807, 2.05) is 19.1 Å². The molecule has 1 rings (SSSR count). The number of carboxylic acid groups (broad SMARTS) is 1. The highest BCUT2D eigenvalue weighted by molar-refractivity contribution is 7.12. The zero-order chi connectivity index (χ0) is 11.3. The van der Waals surface area contributed by atoms with Crippen molar-refractivity contribution in [1.29, 1.82) is 0 Å². The van der Waals surface area contributed by atoms with E-state index in [0.29, 0.717) is 0 Å². The third kappa shape index (κ3) is 3.32.